The molecular weight excluding hydrogens is 473 g/mol. The maximum atomic E-state index is 15.0. The van der Waals surface area contributed by atoms with E-state index in [9.17, 15) is 27.6 Å². The summed E-state index contributed by atoms with van der Waals surface area (Å²) in [6.07, 6.45) is -5.37. The molecule has 2 aromatic carbocycles. The molecule has 2 aromatic rings. The molecule has 4 rings (SSSR count). The molecule has 1 aliphatic carbocycles. The highest BCUT2D eigenvalue weighted by Crippen LogP contribution is 2.53. The van der Waals surface area contributed by atoms with Gasteiger partial charge in [0.1, 0.15) is 5.75 Å². The monoisotopic (exact) mass is 500 g/mol. The first kappa shape index (κ1) is 25.5. The quantitative estimate of drug-likeness (QED) is 0.629. The van der Waals surface area contributed by atoms with E-state index >= 15 is 0 Å². The summed E-state index contributed by atoms with van der Waals surface area (Å²) >= 11 is 0. The number of rotatable bonds is 5. The van der Waals surface area contributed by atoms with Crippen LogP contribution >= 0.6 is 0 Å². The van der Waals surface area contributed by atoms with Crippen molar-refractivity contribution in [3.63, 3.8) is 0 Å². The van der Waals surface area contributed by atoms with Crippen LogP contribution in [0.15, 0.2) is 65.9 Å². The second-order valence-electron chi connectivity index (χ2n) is 9.95. The van der Waals surface area contributed by atoms with E-state index in [1.807, 2.05) is 5.32 Å². The molecule has 0 unspecified atom stereocenters. The van der Waals surface area contributed by atoms with Crippen molar-refractivity contribution >= 4 is 17.6 Å². The smallest absolute Gasteiger partial charge is 0.425 e. The molecular formula is C27H27F3N2O4. The molecule has 0 saturated carbocycles. The molecule has 190 valence electrons. The topological polar surface area (TPSA) is 75.7 Å². The van der Waals surface area contributed by atoms with Gasteiger partial charge in [0, 0.05) is 17.7 Å². The van der Waals surface area contributed by atoms with Crippen molar-refractivity contribution in [2.75, 3.05) is 7.11 Å². The first-order valence-electron chi connectivity index (χ1n) is 11.5. The van der Waals surface area contributed by atoms with Gasteiger partial charge >= 0.3 is 6.18 Å². The van der Waals surface area contributed by atoms with Gasteiger partial charge in [-0.15, -0.1) is 0 Å². The number of hydrogen-bond donors (Lipinski definition) is 1. The summed E-state index contributed by atoms with van der Waals surface area (Å²) < 4.78 is 49.9. The molecule has 1 N–H and O–H groups in total. The highest BCUT2D eigenvalue weighted by Gasteiger charge is 2.72. The Balaban J connectivity index is 1.88. The minimum Gasteiger partial charge on any atom is -0.497 e. The number of nitrogens with zero attached hydrogens (tertiary/aromatic N) is 1. The molecule has 0 radical (unpaired) electrons. The zero-order chi connectivity index (χ0) is 26.5. The number of Topliss-reactive ketones (excluding diaryl/α,β-unsaturated/α-hetero) is 1. The zero-order valence-electron chi connectivity index (χ0n) is 20.4. The third-order valence-corrected chi connectivity index (χ3v) is 6.81. The molecule has 0 bridgehead atoms. The Morgan fingerprint density at radius 2 is 1.64 bits per heavy atom. The number of halogens is 3. The Hall–Kier alpha value is -3.62. The van der Waals surface area contributed by atoms with Crippen molar-refractivity contribution in [2.45, 2.75) is 51.4 Å². The van der Waals surface area contributed by atoms with Crippen LogP contribution in [0.1, 0.15) is 55.6 Å². The fourth-order valence-electron chi connectivity index (χ4n) is 5.05. The largest absolute Gasteiger partial charge is 0.497 e. The summed E-state index contributed by atoms with van der Waals surface area (Å²) in [5, 5.41) is 1.95. The van der Waals surface area contributed by atoms with Crippen LogP contribution in [0, 0.1) is 5.41 Å². The fraction of sp³-hybridized carbons (Fsp3) is 0.370. The SMILES string of the molecule is COc1ccc(C(=O)N[C@@]2(C(F)(F)F)C(=O)N([C@H](C)c3ccccc3)C3=C2C(=O)CC(C)(C)C3)cc1. The lowest BCUT2D eigenvalue weighted by Crippen LogP contribution is -2.66. The van der Waals surface area contributed by atoms with E-state index in [0.717, 1.165) is 4.90 Å². The van der Waals surface area contributed by atoms with E-state index in [4.69, 9.17) is 4.74 Å². The van der Waals surface area contributed by atoms with Crippen molar-refractivity contribution in [3.05, 3.63) is 77.0 Å². The van der Waals surface area contributed by atoms with Crippen molar-refractivity contribution in [3.8, 4) is 5.75 Å². The van der Waals surface area contributed by atoms with E-state index in [0.29, 0.717) is 11.3 Å². The van der Waals surface area contributed by atoms with Gasteiger partial charge in [0.15, 0.2) is 5.78 Å². The lowest BCUT2D eigenvalue weighted by atomic mass is 9.72. The highest BCUT2D eigenvalue weighted by atomic mass is 19.4. The average Bonchev–Trinajstić information content (AvgIpc) is 3.06. The average molecular weight is 501 g/mol. The molecule has 1 heterocycles. The van der Waals surface area contributed by atoms with Gasteiger partial charge in [-0.05, 0) is 48.6 Å². The molecule has 2 amide bonds. The lowest BCUT2D eigenvalue weighted by molar-refractivity contribution is -0.191. The zero-order valence-corrected chi connectivity index (χ0v) is 20.4. The van der Waals surface area contributed by atoms with E-state index < -0.39 is 46.3 Å². The second-order valence-corrected chi connectivity index (χ2v) is 9.95. The Labute approximate surface area is 207 Å². The number of nitrogens with one attached hydrogen (secondary N) is 1. The molecule has 36 heavy (non-hydrogen) atoms. The van der Waals surface area contributed by atoms with Crippen LogP contribution in [-0.4, -0.2) is 41.3 Å². The third-order valence-electron chi connectivity index (χ3n) is 6.81. The summed E-state index contributed by atoms with van der Waals surface area (Å²) in [7, 11) is 1.41. The van der Waals surface area contributed by atoms with E-state index in [1.54, 1.807) is 51.1 Å². The van der Waals surface area contributed by atoms with Crippen LogP contribution in [-0.2, 0) is 9.59 Å². The fourth-order valence-corrected chi connectivity index (χ4v) is 5.05. The summed E-state index contributed by atoms with van der Waals surface area (Å²) in [5.74, 6) is -2.90. The van der Waals surface area contributed by atoms with Crippen molar-refractivity contribution in [1.82, 2.24) is 10.2 Å². The number of benzene rings is 2. The van der Waals surface area contributed by atoms with Gasteiger partial charge in [-0.1, -0.05) is 44.2 Å². The van der Waals surface area contributed by atoms with Crippen LogP contribution in [0.4, 0.5) is 13.2 Å². The van der Waals surface area contributed by atoms with Crippen LogP contribution in [0.2, 0.25) is 0 Å². The summed E-state index contributed by atoms with van der Waals surface area (Å²) in [4.78, 5) is 41.3. The number of carbonyl (C=O) groups is 3. The van der Waals surface area contributed by atoms with Crippen LogP contribution < -0.4 is 10.1 Å². The Morgan fingerprint density at radius 1 is 1.03 bits per heavy atom. The Morgan fingerprint density at radius 3 is 2.19 bits per heavy atom. The van der Waals surface area contributed by atoms with Crippen LogP contribution in [0.25, 0.3) is 0 Å². The van der Waals surface area contributed by atoms with Gasteiger partial charge in [-0.25, -0.2) is 0 Å². The van der Waals surface area contributed by atoms with Gasteiger partial charge < -0.3 is 15.0 Å². The van der Waals surface area contributed by atoms with Crippen LogP contribution in [0.5, 0.6) is 5.75 Å². The minimum atomic E-state index is -5.27. The number of ether oxygens (including phenoxy) is 1. The van der Waals surface area contributed by atoms with Gasteiger partial charge in [-0.3, -0.25) is 14.4 Å². The number of ketones is 1. The first-order chi connectivity index (χ1) is 16.8. The van der Waals surface area contributed by atoms with Crippen molar-refractivity contribution in [2.24, 2.45) is 5.41 Å². The molecule has 0 fully saturated rings. The first-order valence-corrected chi connectivity index (χ1v) is 11.5. The molecule has 2 atom stereocenters. The lowest BCUT2D eigenvalue weighted by Gasteiger charge is -2.35. The number of alkyl halides is 3. The molecule has 9 heteroatoms. The standard InChI is InChI=1S/C27H27F3N2O4/c1-16(17-8-6-5-7-9-17)32-20-14-25(2,3)15-21(33)22(20)26(24(32)35,27(28,29)30)31-23(34)18-10-12-19(36-4)13-11-18/h5-13,16H,14-15H2,1-4H3,(H,31,34)/t16-,26-/m1/s1. The normalized spacial score (nSPS) is 22.4. The van der Waals surface area contributed by atoms with Crippen molar-refractivity contribution in [1.29, 1.82) is 0 Å². The van der Waals surface area contributed by atoms with Gasteiger partial charge in [0.2, 0.25) is 5.54 Å². The predicted molar refractivity (Wildman–Crippen MR) is 126 cm³/mol. The van der Waals surface area contributed by atoms with Crippen LogP contribution in [0.3, 0.4) is 0 Å². The van der Waals surface area contributed by atoms with Gasteiger partial charge in [0.25, 0.3) is 11.8 Å². The maximum Gasteiger partial charge on any atom is 0.425 e. The second kappa shape index (κ2) is 8.80. The molecule has 0 aromatic heterocycles. The third kappa shape index (κ3) is 4.06. The summed E-state index contributed by atoms with van der Waals surface area (Å²) in [5.41, 5.74) is -4.34. The number of carbonyl (C=O) groups excluding carboxylic acids is 3. The van der Waals surface area contributed by atoms with E-state index in [-0.39, 0.29) is 24.1 Å². The maximum absolute atomic E-state index is 15.0. The van der Waals surface area contributed by atoms with E-state index in [2.05, 4.69) is 0 Å². The summed E-state index contributed by atoms with van der Waals surface area (Å²) in [6.45, 7) is 5.16. The highest BCUT2D eigenvalue weighted by molar-refractivity contribution is 6.14. The number of hydrogen-bond acceptors (Lipinski definition) is 4. The molecule has 0 spiro atoms. The molecule has 6 nitrogen and oxygen atoms in total. The number of methoxy groups -OCH3 is 1. The molecule has 0 saturated heterocycles. The van der Waals surface area contributed by atoms with Gasteiger partial charge in [0.05, 0.1) is 18.7 Å². The minimum absolute atomic E-state index is 0.00459. The Kier molecular flexibility index (Phi) is 6.22. The van der Waals surface area contributed by atoms with Gasteiger partial charge in [-0.2, -0.15) is 13.2 Å². The number of allylic oxidation sites excluding steroid dienone is 1. The summed E-state index contributed by atoms with van der Waals surface area (Å²) in [6, 6.07) is 13.3. The Bertz CT molecular complexity index is 1240. The predicted octanol–water partition coefficient (Wildman–Crippen LogP) is 4.97. The number of amides is 2. The van der Waals surface area contributed by atoms with E-state index in [1.165, 1.54) is 31.4 Å². The molecule has 1 aliphatic heterocycles. The van der Waals surface area contributed by atoms with Crippen molar-refractivity contribution < 1.29 is 32.3 Å². The molecule has 2 aliphatic rings.